The normalized spacial score (nSPS) is 15.3. The van der Waals surface area contributed by atoms with Crippen LogP contribution in [0.3, 0.4) is 0 Å². The zero-order valence-corrected chi connectivity index (χ0v) is 26.4. The van der Waals surface area contributed by atoms with E-state index in [0.29, 0.717) is 17.7 Å². The molecule has 0 aliphatic carbocycles. The van der Waals surface area contributed by atoms with Crippen LogP contribution >= 0.6 is 0 Å². The minimum Gasteiger partial charge on any atom is -0.492 e. The molecule has 0 fully saturated rings. The molecule has 236 valence electrons. The Bertz CT molecular complexity index is 1890. The van der Waals surface area contributed by atoms with Crippen molar-refractivity contribution in [3.05, 3.63) is 95.8 Å². The van der Waals surface area contributed by atoms with Crippen molar-refractivity contribution in [2.75, 3.05) is 11.4 Å². The Hall–Kier alpha value is -4.61. The van der Waals surface area contributed by atoms with Crippen LogP contribution in [0, 0.1) is 0 Å². The second-order valence-electron chi connectivity index (χ2n) is 11.5. The lowest BCUT2D eigenvalue weighted by atomic mass is 9.83. The van der Waals surface area contributed by atoms with Gasteiger partial charge in [-0.1, -0.05) is 38.1 Å². The summed E-state index contributed by atoms with van der Waals surface area (Å²) in [6, 6.07) is 17.5. The molecule has 11 heteroatoms. The molecular formula is C34H38N3O7S+. The van der Waals surface area contributed by atoms with E-state index in [4.69, 9.17) is 4.84 Å². The fourth-order valence-electron chi connectivity index (χ4n) is 5.92. The summed E-state index contributed by atoms with van der Waals surface area (Å²) >= 11 is 0. The van der Waals surface area contributed by atoms with E-state index in [1.165, 1.54) is 18.2 Å². The highest BCUT2D eigenvalue weighted by Crippen LogP contribution is 2.48. The van der Waals surface area contributed by atoms with E-state index in [0.717, 1.165) is 52.8 Å². The molecule has 1 aliphatic heterocycles. The summed E-state index contributed by atoms with van der Waals surface area (Å²) in [5.74, 6) is -1.21. The molecule has 0 radical (unpaired) electrons. The lowest BCUT2D eigenvalue weighted by molar-refractivity contribution is -0.671. The van der Waals surface area contributed by atoms with E-state index in [9.17, 15) is 28.0 Å². The van der Waals surface area contributed by atoms with Crippen LogP contribution in [-0.4, -0.2) is 40.4 Å². The van der Waals surface area contributed by atoms with E-state index in [1.54, 1.807) is 12.1 Å². The molecule has 0 spiro atoms. The van der Waals surface area contributed by atoms with Gasteiger partial charge in [0.05, 0.1) is 10.3 Å². The molecule has 0 amide bonds. The van der Waals surface area contributed by atoms with Crippen LogP contribution in [0.2, 0.25) is 0 Å². The number of hydrogen-bond acceptors (Lipinski definition) is 7. The Balaban J connectivity index is 1.26. The van der Waals surface area contributed by atoms with E-state index in [2.05, 4.69) is 66.8 Å². The quantitative estimate of drug-likeness (QED) is 0.112. The molecule has 0 saturated heterocycles. The van der Waals surface area contributed by atoms with Crippen LogP contribution in [-0.2, 0) is 26.9 Å². The van der Waals surface area contributed by atoms with Crippen LogP contribution < -0.4 is 14.3 Å². The Morgan fingerprint density at radius 2 is 1.73 bits per heavy atom. The zero-order chi connectivity index (χ0) is 32.4. The number of carbonyl (C=O) groups is 1. The molecule has 5 rings (SSSR count). The summed E-state index contributed by atoms with van der Waals surface area (Å²) in [7, 11) is -4.31. The number of aromatic hydroxyl groups is 2. The average molecular weight is 633 g/mol. The lowest BCUT2D eigenvalue weighted by Gasteiger charge is -2.25. The third kappa shape index (κ3) is 6.59. The standard InChI is InChI=1S/C34H37N3O7S/c1-4-36-29-17-16-25(45(41,42)43)23-27(29)34(2,3)30(36)14-10-11-24-20-22-35(28-13-8-7-12-26(24)28)21-9-5-6-15-33(40)44-37-31(38)18-19-32(37)39/h7-8,10-14,16-20,22-23H,4-6,9,15,21H2,1-3H3,(H2-,38,39,41,42,43)/p+1. The zero-order valence-electron chi connectivity index (χ0n) is 25.6. The highest BCUT2D eigenvalue weighted by molar-refractivity contribution is 7.85. The van der Waals surface area contributed by atoms with Crippen LogP contribution in [0.15, 0.2) is 89.6 Å². The first-order chi connectivity index (χ1) is 21.4. The molecule has 0 atom stereocenters. The predicted molar refractivity (Wildman–Crippen MR) is 171 cm³/mol. The molecule has 0 unspecified atom stereocenters. The van der Waals surface area contributed by atoms with Crippen LogP contribution in [0.25, 0.3) is 17.0 Å². The number of nitrogens with zero attached hydrogens (tertiary/aromatic N) is 3. The first kappa shape index (κ1) is 31.8. The van der Waals surface area contributed by atoms with Gasteiger partial charge in [-0.2, -0.15) is 13.0 Å². The van der Waals surface area contributed by atoms with E-state index >= 15 is 0 Å². The third-order valence-electron chi connectivity index (χ3n) is 8.24. The second-order valence-corrected chi connectivity index (χ2v) is 13.0. The van der Waals surface area contributed by atoms with Crippen LogP contribution in [0.1, 0.15) is 57.6 Å². The Morgan fingerprint density at radius 1 is 1.00 bits per heavy atom. The third-order valence-corrected chi connectivity index (χ3v) is 9.09. The number of carbonyl (C=O) groups excluding carboxylic acids is 1. The van der Waals surface area contributed by atoms with Gasteiger partial charge >= 0.3 is 5.97 Å². The summed E-state index contributed by atoms with van der Waals surface area (Å²) in [6.45, 7) is 7.63. The van der Waals surface area contributed by atoms with Crippen molar-refractivity contribution in [1.82, 2.24) is 4.73 Å². The van der Waals surface area contributed by atoms with E-state index < -0.39 is 21.5 Å². The lowest BCUT2D eigenvalue weighted by Crippen LogP contribution is -2.34. The van der Waals surface area contributed by atoms with Crippen molar-refractivity contribution < 1.29 is 37.4 Å². The summed E-state index contributed by atoms with van der Waals surface area (Å²) in [5, 5.41) is 20.3. The van der Waals surface area contributed by atoms with Crippen molar-refractivity contribution in [1.29, 1.82) is 0 Å². The van der Waals surface area contributed by atoms with Crippen molar-refractivity contribution in [2.45, 2.75) is 63.3 Å². The number of para-hydroxylation sites is 1. The Kier molecular flexibility index (Phi) is 9.03. The molecule has 45 heavy (non-hydrogen) atoms. The Morgan fingerprint density at radius 3 is 2.44 bits per heavy atom. The molecule has 0 saturated carbocycles. The average Bonchev–Trinajstić information content (AvgIpc) is 3.43. The maximum atomic E-state index is 12.1. The molecule has 3 heterocycles. The molecule has 2 aromatic heterocycles. The van der Waals surface area contributed by atoms with Crippen LogP contribution in [0.4, 0.5) is 5.69 Å². The van der Waals surface area contributed by atoms with Crippen molar-refractivity contribution in [3.63, 3.8) is 0 Å². The molecule has 1 aliphatic rings. The first-order valence-electron chi connectivity index (χ1n) is 14.9. The molecule has 2 aromatic carbocycles. The molecule has 3 N–H and O–H groups in total. The molecule has 4 aromatic rings. The molecule has 10 nitrogen and oxygen atoms in total. The number of unbranched alkanes of at least 4 members (excludes halogenated alkanes) is 2. The fraction of sp³-hybridized carbons (Fsp3) is 0.294. The maximum absolute atomic E-state index is 12.1. The summed E-state index contributed by atoms with van der Waals surface area (Å²) < 4.78 is 36.1. The van der Waals surface area contributed by atoms with Crippen molar-refractivity contribution in [2.24, 2.45) is 0 Å². The summed E-state index contributed by atoms with van der Waals surface area (Å²) in [4.78, 5) is 19.2. The number of rotatable bonds is 11. The number of benzene rings is 2. The van der Waals surface area contributed by atoms with Gasteiger partial charge in [0.25, 0.3) is 10.1 Å². The number of aryl methyl sites for hydroxylation is 1. The van der Waals surface area contributed by atoms with Gasteiger partial charge in [-0.15, -0.1) is 4.73 Å². The largest absolute Gasteiger partial charge is 0.492 e. The van der Waals surface area contributed by atoms with Gasteiger partial charge in [0.1, 0.15) is 6.54 Å². The monoisotopic (exact) mass is 632 g/mol. The Labute approximate surface area is 262 Å². The van der Waals surface area contributed by atoms with Crippen molar-refractivity contribution in [3.8, 4) is 11.8 Å². The van der Waals surface area contributed by atoms with E-state index in [1.807, 2.05) is 18.2 Å². The number of pyridine rings is 1. The number of hydrogen-bond donors (Lipinski definition) is 3. The number of likely N-dealkylation sites (N-methyl/N-ethyl adjacent to an activating group) is 1. The molecular weight excluding hydrogens is 594 g/mol. The smallest absolute Gasteiger partial charge is 0.333 e. The number of allylic oxidation sites excluding steroid dienone is 3. The van der Waals surface area contributed by atoms with Crippen LogP contribution in [0.5, 0.6) is 11.8 Å². The fourth-order valence-corrected chi connectivity index (χ4v) is 6.43. The van der Waals surface area contributed by atoms with Gasteiger partial charge < -0.3 is 20.0 Å². The minimum atomic E-state index is -4.31. The van der Waals surface area contributed by atoms with Gasteiger partial charge in [0.15, 0.2) is 6.20 Å². The minimum absolute atomic E-state index is 0.108. The number of aromatic nitrogens is 2. The van der Waals surface area contributed by atoms with Crippen molar-refractivity contribution >= 4 is 38.8 Å². The molecule has 0 bridgehead atoms. The number of anilines is 1. The number of fused-ring (bicyclic) bond motifs is 2. The van der Waals surface area contributed by atoms with Gasteiger partial charge in [-0.05, 0) is 61.2 Å². The second kappa shape index (κ2) is 12.8. The topological polar surface area (TPSA) is 133 Å². The highest BCUT2D eigenvalue weighted by Gasteiger charge is 2.40. The van der Waals surface area contributed by atoms with Gasteiger partial charge in [-0.25, -0.2) is 4.79 Å². The first-order valence-corrected chi connectivity index (χ1v) is 16.4. The highest BCUT2D eigenvalue weighted by atomic mass is 32.2. The van der Waals surface area contributed by atoms with E-state index in [-0.39, 0.29) is 23.1 Å². The van der Waals surface area contributed by atoms with Gasteiger partial charge in [0.2, 0.25) is 17.3 Å². The van der Waals surface area contributed by atoms with Gasteiger partial charge in [-0.3, -0.25) is 4.55 Å². The predicted octanol–water partition coefficient (Wildman–Crippen LogP) is 5.52. The summed E-state index contributed by atoms with van der Waals surface area (Å²) in [5.41, 5.74) is 4.49. The maximum Gasteiger partial charge on any atom is 0.333 e. The SMILES string of the molecule is CCN1C(=CC=Cc2cc[n+](CCCCCC(=O)On3c(O)ccc3O)c3ccccc23)C(C)(C)c2cc(S(=O)(=O)O)ccc21. The summed E-state index contributed by atoms with van der Waals surface area (Å²) in [6.07, 6.45) is 10.7. The van der Waals surface area contributed by atoms with Gasteiger partial charge in [0, 0.05) is 60.5 Å².